The maximum Gasteiger partial charge on any atom is 0.337 e. The average molecular weight is 268 g/mol. The molecule has 0 saturated carbocycles. The van der Waals surface area contributed by atoms with Crippen molar-refractivity contribution in [1.82, 2.24) is 0 Å². The van der Waals surface area contributed by atoms with Crippen LogP contribution in [0.1, 0.15) is 31.8 Å². The van der Waals surface area contributed by atoms with Crippen LogP contribution in [-0.2, 0) is 0 Å². The zero-order valence-corrected chi connectivity index (χ0v) is 10.5. The molecule has 0 radical (unpaired) electrons. The largest absolute Gasteiger partial charge is 0.478 e. The highest BCUT2D eigenvalue weighted by Crippen LogP contribution is 2.18. The summed E-state index contributed by atoms with van der Waals surface area (Å²) in [7, 11) is 0. The third-order valence-corrected chi connectivity index (χ3v) is 2.80. The quantitative estimate of drug-likeness (QED) is 0.835. The topological polar surface area (TPSA) is 74.6 Å². The number of rotatable bonds is 4. The highest BCUT2D eigenvalue weighted by atomic mass is 16.4. The highest BCUT2D eigenvalue weighted by molar-refractivity contribution is 6.04. The van der Waals surface area contributed by atoms with Gasteiger partial charge in [-0.25, -0.2) is 9.59 Å². The molecule has 2 aromatic carbocycles. The Bertz CT molecular complexity index is 672. The van der Waals surface area contributed by atoms with Gasteiger partial charge in [0.25, 0.3) is 0 Å². The summed E-state index contributed by atoms with van der Waals surface area (Å²) in [4.78, 5) is 22.3. The Morgan fingerprint density at radius 1 is 0.800 bits per heavy atom. The Balaban J connectivity index is 2.47. The van der Waals surface area contributed by atoms with Crippen molar-refractivity contribution in [3.8, 4) is 0 Å². The van der Waals surface area contributed by atoms with Crippen molar-refractivity contribution < 1.29 is 19.8 Å². The van der Waals surface area contributed by atoms with Gasteiger partial charge in [-0.2, -0.15) is 0 Å². The van der Waals surface area contributed by atoms with Gasteiger partial charge >= 0.3 is 11.9 Å². The summed E-state index contributed by atoms with van der Waals surface area (Å²) >= 11 is 0. The molecule has 4 nitrogen and oxygen atoms in total. The van der Waals surface area contributed by atoms with Gasteiger partial charge in [-0.05, 0) is 17.2 Å². The van der Waals surface area contributed by atoms with Crippen molar-refractivity contribution in [2.45, 2.75) is 0 Å². The fourth-order valence-corrected chi connectivity index (χ4v) is 1.88. The number of carboxylic acid groups (broad SMARTS) is 2. The lowest BCUT2D eigenvalue weighted by Crippen LogP contribution is -2.09. The predicted octanol–water partition coefficient (Wildman–Crippen LogP) is 3.25. The van der Waals surface area contributed by atoms with Crippen molar-refractivity contribution in [2.24, 2.45) is 0 Å². The highest BCUT2D eigenvalue weighted by Gasteiger charge is 2.18. The number of benzene rings is 2. The van der Waals surface area contributed by atoms with Crippen LogP contribution in [0.15, 0.2) is 48.5 Å². The van der Waals surface area contributed by atoms with Gasteiger partial charge in [0.15, 0.2) is 0 Å². The maximum atomic E-state index is 11.3. The van der Waals surface area contributed by atoms with Gasteiger partial charge in [-0.15, -0.1) is 0 Å². The van der Waals surface area contributed by atoms with Crippen LogP contribution in [0.2, 0.25) is 0 Å². The van der Waals surface area contributed by atoms with Gasteiger partial charge in [-0.3, -0.25) is 0 Å². The summed E-state index contributed by atoms with van der Waals surface area (Å²) in [6, 6.07) is 13.7. The van der Waals surface area contributed by atoms with Crippen LogP contribution in [0.3, 0.4) is 0 Å². The normalized spacial score (nSPS) is 10.6. The molecule has 2 rings (SSSR count). The Hall–Kier alpha value is -2.88. The van der Waals surface area contributed by atoms with Crippen LogP contribution in [0.4, 0.5) is 0 Å². The number of aromatic carboxylic acids is 2. The second-order valence-corrected chi connectivity index (χ2v) is 4.12. The van der Waals surface area contributed by atoms with E-state index in [9.17, 15) is 14.7 Å². The third kappa shape index (κ3) is 2.92. The van der Waals surface area contributed by atoms with Gasteiger partial charge in [0.1, 0.15) is 0 Å². The molecular formula is C16H12O4. The fraction of sp³-hybridized carbons (Fsp3) is 0. The molecule has 100 valence electrons. The molecule has 0 atom stereocenters. The first-order valence-electron chi connectivity index (χ1n) is 5.92. The predicted molar refractivity (Wildman–Crippen MR) is 75.7 cm³/mol. The lowest BCUT2D eigenvalue weighted by atomic mass is 10.00. The van der Waals surface area contributed by atoms with E-state index < -0.39 is 11.9 Å². The molecule has 0 unspecified atom stereocenters. The number of hydrogen-bond acceptors (Lipinski definition) is 2. The minimum atomic E-state index is -1.25. The fourth-order valence-electron chi connectivity index (χ4n) is 1.88. The smallest absolute Gasteiger partial charge is 0.337 e. The van der Waals surface area contributed by atoms with Crippen molar-refractivity contribution in [2.75, 3.05) is 0 Å². The molecule has 0 amide bonds. The number of carboxylic acids is 2. The summed E-state index contributed by atoms with van der Waals surface area (Å²) in [5, 5.41) is 18.2. The van der Waals surface area contributed by atoms with Crippen LogP contribution >= 0.6 is 0 Å². The molecule has 20 heavy (non-hydrogen) atoms. The van der Waals surface area contributed by atoms with E-state index in [0.717, 1.165) is 5.56 Å². The van der Waals surface area contributed by atoms with E-state index in [1.165, 1.54) is 12.1 Å². The first-order chi connectivity index (χ1) is 9.59. The van der Waals surface area contributed by atoms with Crippen molar-refractivity contribution in [3.05, 3.63) is 70.8 Å². The average Bonchev–Trinajstić information content (AvgIpc) is 2.45. The summed E-state index contributed by atoms with van der Waals surface area (Å²) in [6.07, 6.45) is 3.35. The molecule has 0 aromatic heterocycles. The number of carbonyl (C=O) groups is 2. The molecule has 4 heteroatoms. The Morgan fingerprint density at radius 2 is 1.50 bits per heavy atom. The molecular weight excluding hydrogens is 256 g/mol. The van der Waals surface area contributed by atoms with Gasteiger partial charge < -0.3 is 10.2 Å². The third-order valence-electron chi connectivity index (χ3n) is 2.80. The van der Waals surface area contributed by atoms with Gasteiger partial charge in [0.2, 0.25) is 0 Å². The zero-order chi connectivity index (χ0) is 14.5. The molecule has 2 N–H and O–H groups in total. The van der Waals surface area contributed by atoms with E-state index in [-0.39, 0.29) is 11.1 Å². The second-order valence-electron chi connectivity index (χ2n) is 4.12. The van der Waals surface area contributed by atoms with Crippen LogP contribution in [0.5, 0.6) is 0 Å². The minimum absolute atomic E-state index is 0.202. The lowest BCUT2D eigenvalue weighted by Gasteiger charge is -2.05. The van der Waals surface area contributed by atoms with Crippen molar-refractivity contribution in [3.63, 3.8) is 0 Å². The van der Waals surface area contributed by atoms with Crippen molar-refractivity contribution in [1.29, 1.82) is 0 Å². The zero-order valence-electron chi connectivity index (χ0n) is 10.5. The van der Waals surface area contributed by atoms with E-state index in [0.29, 0.717) is 5.56 Å². The van der Waals surface area contributed by atoms with Crippen LogP contribution < -0.4 is 0 Å². The Kier molecular flexibility index (Phi) is 3.96. The Morgan fingerprint density at radius 3 is 2.10 bits per heavy atom. The van der Waals surface area contributed by atoms with E-state index in [1.807, 2.05) is 30.3 Å². The van der Waals surface area contributed by atoms with E-state index in [2.05, 4.69) is 0 Å². The number of hydrogen-bond donors (Lipinski definition) is 2. The molecule has 0 bridgehead atoms. The molecule has 0 aliphatic carbocycles. The molecule has 0 heterocycles. The van der Waals surface area contributed by atoms with Gasteiger partial charge in [-0.1, -0.05) is 54.6 Å². The summed E-state index contributed by atoms with van der Waals surface area (Å²) in [5.74, 6) is -2.51. The SMILES string of the molecule is O=C(O)c1cccc(/C=C/c2ccccc2)c1C(=O)O. The molecule has 0 spiro atoms. The van der Waals surface area contributed by atoms with Gasteiger partial charge in [0, 0.05) is 0 Å². The standard InChI is InChI=1S/C16H12O4/c17-15(18)13-8-4-7-12(14(13)16(19)20)10-9-11-5-2-1-3-6-11/h1-10H,(H,17,18)(H,19,20)/b10-9+. The molecule has 0 fully saturated rings. The molecule has 0 aliphatic rings. The van der Waals surface area contributed by atoms with E-state index in [1.54, 1.807) is 18.2 Å². The van der Waals surface area contributed by atoms with E-state index >= 15 is 0 Å². The molecule has 2 aromatic rings. The summed E-state index contributed by atoms with van der Waals surface area (Å²) < 4.78 is 0. The summed E-state index contributed by atoms with van der Waals surface area (Å²) in [5.41, 5.74) is 0.853. The maximum absolute atomic E-state index is 11.3. The Labute approximate surface area is 115 Å². The van der Waals surface area contributed by atoms with Crippen LogP contribution in [0.25, 0.3) is 12.2 Å². The van der Waals surface area contributed by atoms with E-state index in [4.69, 9.17) is 5.11 Å². The molecule has 0 aliphatic heterocycles. The minimum Gasteiger partial charge on any atom is -0.478 e. The monoisotopic (exact) mass is 268 g/mol. The second kappa shape index (κ2) is 5.84. The first kappa shape index (κ1) is 13.5. The van der Waals surface area contributed by atoms with Crippen LogP contribution in [0, 0.1) is 0 Å². The molecule has 0 saturated heterocycles. The van der Waals surface area contributed by atoms with Crippen molar-refractivity contribution >= 4 is 24.1 Å². The van der Waals surface area contributed by atoms with Crippen LogP contribution in [-0.4, -0.2) is 22.2 Å². The first-order valence-corrected chi connectivity index (χ1v) is 5.92. The lowest BCUT2D eigenvalue weighted by molar-refractivity contribution is 0.0651. The van der Waals surface area contributed by atoms with Gasteiger partial charge in [0.05, 0.1) is 11.1 Å². The summed E-state index contributed by atoms with van der Waals surface area (Å²) in [6.45, 7) is 0.